The SMILES string of the molecule is Cc1cc(CNC(=O)CN(CC(=O)O)C(C)C)ccc1F. The monoisotopic (exact) mass is 296 g/mol. The number of carbonyl (C=O) groups excluding carboxylic acids is 1. The minimum atomic E-state index is -0.967. The number of benzene rings is 1. The summed E-state index contributed by atoms with van der Waals surface area (Å²) in [5, 5.41) is 11.5. The van der Waals surface area contributed by atoms with Crippen molar-refractivity contribution in [2.45, 2.75) is 33.4 Å². The molecule has 1 amide bonds. The molecule has 0 spiro atoms. The van der Waals surface area contributed by atoms with Gasteiger partial charge in [0.1, 0.15) is 5.82 Å². The molecule has 6 heteroatoms. The summed E-state index contributed by atoms with van der Waals surface area (Å²) >= 11 is 0. The van der Waals surface area contributed by atoms with E-state index >= 15 is 0 Å². The lowest BCUT2D eigenvalue weighted by Gasteiger charge is -2.23. The Kier molecular flexibility index (Phi) is 6.30. The molecule has 0 fully saturated rings. The van der Waals surface area contributed by atoms with Gasteiger partial charge in [-0.25, -0.2) is 4.39 Å². The van der Waals surface area contributed by atoms with Crippen molar-refractivity contribution in [1.82, 2.24) is 10.2 Å². The van der Waals surface area contributed by atoms with Crippen LogP contribution < -0.4 is 5.32 Å². The first-order valence-electron chi connectivity index (χ1n) is 6.77. The number of halogens is 1. The van der Waals surface area contributed by atoms with Crippen LogP contribution in [-0.4, -0.2) is 41.0 Å². The average molecular weight is 296 g/mol. The zero-order valence-corrected chi connectivity index (χ0v) is 12.5. The summed E-state index contributed by atoms with van der Waals surface area (Å²) in [4.78, 5) is 24.1. The van der Waals surface area contributed by atoms with E-state index in [-0.39, 0.29) is 30.9 Å². The number of carboxylic acids is 1. The smallest absolute Gasteiger partial charge is 0.317 e. The van der Waals surface area contributed by atoms with Crippen molar-refractivity contribution in [3.05, 3.63) is 35.1 Å². The molecule has 0 heterocycles. The summed E-state index contributed by atoms with van der Waals surface area (Å²) in [6.45, 7) is 5.46. The second-order valence-corrected chi connectivity index (χ2v) is 5.25. The van der Waals surface area contributed by atoms with Crippen LogP contribution in [0, 0.1) is 12.7 Å². The Morgan fingerprint density at radius 3 is 2.52 bits per heavy atom. The van der Waals surface area contributed by atoms with E-state index in [2.05, 4.69) is 5.32 Å². The Balaban J connectivity index is 2.52. The number of rotatable bonds is 7. The van der Waals surface area contributed by atoms with Crippen molar-refractivity contribution in [3.63, 3.8) is 0 Å². The van der Waals surface area contributed by atoms with Crippen LogP contribution in [0.3, 0.4) is 0 Å². The third kappa shape index (κ3) is 5.91. The van der Waals surface area contributed by atoms with E-state index in [1.807, 2.05) is 13.8 Å². The van der Waals surface area contributed by atoms with Crippen LogP contribution >= 0.6 is 0 Å². The number of hydrogen-bond acceptors (Lipinski definition) is 3. The molecule has 0 aliphatic rings. The quantitative estimate of drug-likeness (QED) is 0.801. The molecule has 0 radical (unpaired) electrons. The fraction of sp³-hybridized carbons (Fsp3) is 0.467. The van der Waals surface area contributed by atoms with Crippen molar-refractivity contribution >= 4 is 11.9 Å². The number of carbonyl (C=O) groups is 2. The standard InChI is InChI=1S/C15H21FN2O3/c1-10(2)18(9-15(20)21)8-14(19)17-7-12-4-5-13(16)11(3)6-12/h4-6,10H,7-9H2,1-3H3,(H,17,19)(H,20,21). The number of hydrogen-bond donors (Lipinski definition) is 2. The molecule has 1 aromatic rings. The molecule has 0 aliphatic heterocycles. The van der Waals surface area contributed by atoms with Crippen LogP contribution in [0.5, 0.6) is 0 Å². The summed E-state index contributed by atoms with van der Waals surface area (Å²) in [6.07, 6.45) is 0. The van der Waals surface area contributed by atoms with Crippen LogP contribution in [0.15, 0.2) is 18.2 Å². The van der Waals surface area contributed by atoms with Crippen LogP contribution in [0.4, 0.5) is 4.39 Å². The normalized spacial score (nSPS) is 11.0. The predicted octanol–water partition coefficient (Wildman–Crippen LogP) is 1.55. The maximum absolute atomic E-state index is 13.1. The molecule has 0 saturated carbocycles. The summed E-state index contributed by atoms with van der Waals surface area (Å²) in [6, 6.07) is 4.61. The zero-order valence-electron chi connectivity index (χ0n) is 12.5. The van der Waals surface area contributed by atoms with Crippen LogP contribution in [0.1, 0.15) is 25.0 Å². The molecule has 1 rings (SSSR count). The summed E-state index contributed by atoms with van der Waals surface area (Å²) in [5.74, 6) is -1.50. The average Bonchev–Trinajstić information content (AvgIpc) is 2.38. The second-order valence-electron chi connectivity index (χ2n) is 5.25. The first kappa shape index (κ1) is 17.1. The highest BCUT2D eigenvalue weighted by Crippen LogP contribution is 2.09. The maximum Gasteiger partial charge on any atom is 0.317 e. The van der Waals surface area contributed by atoms with E-state index in [9.17, 15) is 14.0 Å². The maximum atomic E-state index is 13.1. The van der Waals surface area contributed by atoms with Gasteiger partial charge in [-0.2, -0.15) is 0 Å². The van der Waals surface area contributed by atoms with Crippen LogP contribution in [0.2, 0.25) is 0 Å². The molecular weight excluding hydrogens is 275 g/mol. The minimum absolute atomic E-state index is 0.0180. The molecule has 0 saturated heterocycles. The lowest BCUT2D eigenvalue weighted by atomic mass is 10.1. The Bertz CT molecular complexity index is 518. The Morgan fingerprint density at radius 2 is 2.00 bits per heavy atom. The molecule has 2 N–H and O–H groups in total. The molecule has 0 aliphatic carbocycles. The van der Waals surface area contributed by atoms with E-state index in [0.717, 1.165) is 5.56 Å². The Labute approximate surface area is 123 Å². The molecule has 1 aromatic carbocycles. The summed E-state index contributed by atoms with van der Waals surface area (Å²) in [5.41, 5.74) is 1.33. The van der Waals surface area contributed by atoms with Gasteiger partial charge in [0.05, 0.1) is 13.1 Å². The van der Waals surface area contributed by atoms with Gasteiger partial charge < -0.3 is 10.4 Å². The van der Waals surface area contributed by atoms with E-state index in [0.29, 0.717) is 12.1 Å². The van der Waals surface area contributed by atoms with Crippen LogP contribution in [0.25, 0.3) is 0 Å². The highest BCUT2D eigenvalue weighted by Gasteiger charge is 2.16. The number of aryl methyl sites for hydroxylation is 1. The molecule has 0 atom stereocenters. The highest BCUT2D eigenvalue weighted by atomic mass is 19.1. The van der Waals surface area contributed by atoms with Crippen molar-refractivity contribution in [2.24, 2.45) is 0 Å². The van der Waals surface area contributed by atoms with Gasteiger partial charge in [-0.1, -0.05) is 12.1 Å². The predicted molar refractivity (Wildman–Crippen MR) is 77.3 cm³/mol. The molecule has 21 heavy (non-hydrogen) atoms. The molecule has 116 valence electrons. The first-order valence-corrected chi connectivity index (χ1v) is 6.77. The van der Waals surface area contributed by atoms with Gasteiger partial charge in [-0.3, -0.25) is 14.5 Å². The molecule has 0 unspecified atom stereocenters. The number of nitrogens with zero attached hydrogens (tertiary/aromatic N) is 1. The third-order valence-electron chi connectivity index (χ3n) is 3.13. The number of amides is 1. The van der Waals surface area contributed by atoms with Gasteiger partial charge in [-0.15, -0.1) is 0 Å². The number of carboxylic acid groups (broad SMARTS) is 1. The third-order valence-corrected chi connectivity index (χ3v) is 3.13. The fourth-order valence-corrected chi connectivity index (χ4v) is 1.85. The van der Waals surface area contributed by atoms with Crippen molar-refractivity contribution in [3.8, 4) is 0 Å². The van der Waals surface area contributed by atoms with Crippen molar-refractivity contribution in [2.75, 3.05) is 13.1 Å². The van der Waals surface area contributed by atoms with Gasteiger partial charge in [0.25, 0.3) is 0 Å². The fourth-order valence-electron chi connectivity index (χ4n) is 1.85. The van der Waals surface area contributed by atoms with Gasteiger partial charge >= 0.3 is 5.97 Å². The lowest BCUT2D eigenvalue weighted by molar-refractivity contribution is -0.139. The molecule has 0 aromatic heterocycles. The molecular formula is C15H21FN2O3. The van der Waals surface area contributed by atoms with Crippen molar-refractivity contribution in [1.29, 1.82) is 0 Å². The van der Waals surface area contributed by atoms with E-state index in [1.54, 1.807) is 24.0 Å². The number of nitrogens with one attached hydrogen (secondary N) is 1. The van der Waals surface area contributed by atoms with Crippen LogP contribution in [-0.2, 0) is 16.1 Å². The molecule has 5 nitrogen and oxygen atoms in total. The first-order chi connectivity index (χ1) is 9.79. The molecule has 0 bridgehead atoms. The van der Waals surface area contributed by atoms with E-state index < -0.39 is 5.97 Å². The van der Waals surface area contributed by atoms with Gasteiger partial charge in [0.15, 0.2) is 0 Å². The van der Waals surface area contributed by atoms with Gasteiger partial charge in [0, 0.05) is 12.6 Å². The Morgan fingerprint density at radius 1 is 1.33 bits per heavy atom. The van der Waals surface area contributed by atoms with E-state index in [4.69, 9.17) is 5.11 Å². The number of aliphatic carboxylic acids is 1. The van der Waals surface area contributed by atoms with Gasteiger partial charge in [-0.05, 0) is 38.0 Å². The minimum Gasteiger partial charge on any atom is -0.480 e. The summed E-state index contributed by atoms with van der Waals surface area (Å²) < 4.78 is 13.1. The Hall–Kier alpha value is -1.95. The van der Waals surface area contributed by atoms with Gasteiger partial charge in [0.2, 0.25) is 5.91 Å². The zero-order chi connectivity index (χ0) is 16.0. The second kappa shape index (κ2) is 7.73. The highest BCUT2D eigenvalue weighted by molar-refractivity contribution is 5.79. The topological polar surface area (TPSA) is 69.6 Å². The van der Waals surface area contributed by atoms with E-state index in [1.165, 1.54) is 6.07 Å². The van der Waals surface area contributed by atoms with Crippen molar-refractivity contribution < 1.29 is 19.1 Å². The lowest BCUT2D eigenvalue weighted by Crippen LogP contribution is -2.43. The largest absolute Gasteiger partial charge is 0.480 e. The summed E-state index contributed by atoms with van der Waals surface area (Å²) in [7, 11) is 0.